The molecule has 0 unspecified atom stereocenters. The lowest BCUT2D eigenvalue weighted by atomic mass is 9.95. The minimum absolute atomic E-state index is 0.0743. The second-order valence-corrected chi connectivity index (χ2v) is 8.05. The molecule has 0 radical (unpaired) electrons. The van der Waals surface area contributed by atoms with Crippen molar-refractivity contribution in [2.75, 3.05) is 18.4 Å². The fourth-order valence-corrected chi connectivity index (χ4v) is 4.35. The number of piperidine rings is 1. The van der Waals surface area contributed by atoms with E-state index in [9.17, 15) is 14.0 Å². The van der Waals surface area contributed by atoms with E-state index in [2.05, 4.69) is 15.5 Å². The number of carbonyl (C=O) groups is 2. The van der Waals surface area contributed by atoms with E-state index in [1.807, 2.05) is 18.7 Å². The van der Waals surface area contributed by atoms with Gasteiger partial charge in [0.2, 0.25) is 10.9 Å². The summed E-state index contributed by atoms with van der Waals surface area (Å²) in [4.78, 5) is 27.0. The minimum Gasteiger partial charge on any atom is -0.342 e. The Morgan fingerprint density at radius 3 is 2.64 bits per heavy atom. The number of hydrogen-bond acceptors (Lipinski definition) is 5. The lowest BCUT2D eigenvalue weighted by Gasteiger charge is -2.33. The summed E-state index contributed by atoms with van der Waals surface area (Å²) in [5, 5.41) is 12.0. The Labute approximate surface area is 168 Å². The van der Waals surface area contributed by atoms with Gasteiger partial charge in [-0.05, 0) is 49.9 Å². The molecule has 0 spiro atoms. The van der Waals surface area contributed by atoms with Gasteiger partial charge in [-0.2, -0.15) is 0 Å². The summed E-state index contributed by atoms with van der Waals surface area (Å²) in [6, 6.07) is 5.57. The predicted molar refractivity (Wildman–Crippen MR) is 107 cm³/mol. The van der Waals surface area contributed by atoms with Gasteiger partial charge in [0.25, 0.3) is 5.91 Å². The first-order chi connectivity index (χ1) is 13.5. The van der Waals surface area contributed by atoms with Crippen LogP contribution in [0.15, 0.2) is 24.3 Å². The Bertz CT molecular complexity index is 820. The first-order valence-corrected chi connectivity index (χ1v) is 10.5. The summed E-state index contributed by atoms with van der Waals surface area (Å²) in [5.74, 6) is -0.326. The van der Waals surface area contributed by atoms with Gasteiger partial charge in [0, 0.05) is 30.6 Å². The number of aromatic nitrogens is 2. The van der Waals surface area contributed by atoms with E-state index < -0.39 is 0 Å². The molecule has 3 rings (SSSR count). The van der Waals surface area contributed by atoms with Gasteiger partial charge in [-0.15, -0.1) is 10.2 Å². The van der Waals surface area contributed by atoms with Crippen LogP contribution in [-0.4, -0.2) is 40.0 Å². The standard InChI is InChI=1S/C20H25FN4O2S/c1-3-13(4-2)20(27)25-11-5-6-14(12-25)18-23-24-19(28-18)17(26)22-16-9-7-15(21)8-10-16/h7-10,13-14H,3-6,11-12H2,1-2H3,(H,22,26)/t14-/m1/s1. The number of amides is 2. The van der Waals surface area contributed by atoms with Crippen LogP contribution in [0.25, 0.3) is 0 Å². The number of nitrogens with one attached hydrogen (secondary N) is 1. The first-order valence-electron chi connectivity index (χ1n) is 9.70. The molecule has 2 heterocycles. The van der Waals surface area contributed by atoms with Gasteiger partial charge in [-0.3, -0.25) is 9.59 Å². The quantitative estimate of drug-likeness (QED) is 0.787. The van der Waals surface area contributed by atoms with Gasteiger partial charge in [-0.25, -0.2) is 4.39 Å². The molecule has 6 nitrogen and oxygen atoms in total. The maximum atomic E-state index is 13.0. The van der Waals surface area contributed by atoms with E-state index in [1.165, 1.54) is 35.6 Å². The van der Waals surface area contributed by atoms with Crippen molar-refractivity contribution >= 4 is 28.8 Å². The van der Waals surface area contributed by atoms with E-state index in [4.69, 9.17) is 0 Å². The molecule has 28 heavy (non-hydrogen) atoms. The van der Waals surface area contributed by atoms with Crippen molar-refractivity contribution in [3.05, 3.63) is 40.1 Å². The lowest BCUT2D eigenvalue weighted by Crippen LogP contribution is -2.42. The molecule has 2 amide bonds. The zero-order valence-electron chi connectivity index (χ0n) is 16.2. The highest BCUT2D eigenvalue weighted by Gasteiger charge is 2.30. The second-order valence-electron chi connectivity index (χ2n) is 7.04. The average molecular weight is 405 g/mol. The number of hydrogen-bond donors (Lipinski definition) is 1. The van der Waals surface area contributed by atoms with Gasteiger partial charge >= 0.3 is 0 Å². The van der Waals surface area contributed by atoms with Gasteiger partial charge in [0.05, 0.1) is 0 Å². The van der Waals surface area contributed by atoms with Gasteiger partial charge in [0.1, 0.15) is 10.8 Å². The van der Waals surface area contributed by atoms with Crippen LogP contribution in [0.5, 0.6) is 0 Å². The minimum atomic E-state index is -0.365. The van der Waals surface area contributed by atoms with E-state index >= 15 is 0 Å². The van der Waals surface area contributed by atoms with Gasteiger partial charge in [0.15, 0.2) is 0 Å². The maximum Gasteiger partial charge on any atom is 0.286 e. The number of rotatable bonds is 6. The molecule has 1 atom stereocenters. The molecule has 1 aromatic carbocycles. The van der Waals surface area contributed by atoms with Crippen molar-refractivity contribution in [1.82, 2.24) is 15.1 Å². The van der Waals surface area contributed by atoms with Crippen molar-refractivity contribution in [3.63, 3.8) is 0 Å². The monoisotopic (exact) mass is 404 g/mol. The molecule has 1 saturated heterocycles. The summed E-state index contributed by atoms with van der Waals surface area (Å²) >= 11 is 1.26. The van der Waals surface area contributed by atoms with E-state index in [0.29, 0.717) is 12.2 Å². The molecule has 1 aliphatic rings. The number of nitrogens with zero attached hydrogens (tertiary/aromatic N) is 3. The normalized spacial score (nSPS) is 17.0. The molecule has 1 fully saturated rings. The number of anilines is 1. The van der Waals surface area contributed by atoms with Crippen molar-refractivity contribution in [2.24, 2.45) is 5.92 Å². The molecule has 2 aromatic rings. The smallest absolute Gasteiger partial charge is 0.286 e. The van der Waals surface area contributed by atoms with Crippen molar-refractivity contribution < 1.29 is 14.0 Å². The summed E-state index contributed by atoms with van der Waals surface area (Å²) in [5.41, 5.74) is 0.503. The Balaban J connectivity index is 1.64. The Hall–Kier alpha value is -2.35. The number of likely N-dealkylation sites (tertiary alicyclic amines) is 1. The van der Waals surface area contributed by atoms with Crippen LogP contribution in [0.2, 0.25) is 0 Å². The topological polar surface area (TPSA) is 75.2 Å². The molecular weight excluding hydrogens is 379 g/mol. The summed E-state index contributed by atoms with van der Waals surface area (Å²) < 4.78 is 13.0. The number of benzene rings is 1. The predicted octanol–water partition coefficient (Wildman–Crippen LogP) is 4.07. The van der Waals surface area contributed by atoms with E-state index in [0.717, 1.165) is 37.2 Å². The third-order valence-corrected chi connectivity index (χ3v) is 6.24. The lowest BCUT2D eigenvalue weighted by molar-refractivity contribution is -0.137. The third-order valence-electron chi connectivity index (χ3n) is 5.15. The fourth-order valence-electron chi connectivity index (χ4n) is 3.48. The summed E-state index contributed by atoms with van der Waals surface area (Å²) in [6.07, 6.45) is 3.56. The molecule has 1 aliphatic heterocycles. The number of carbonyl (C=O) groups excluding carboxylic acids is 2. The van der Waals surface area contributed by atoms with E-state index in [-0.39, 0.29) is 34.5 Å². The van der Waals surface area contributed by atoms with Gasteiger partial charge < -0.3 is 10.2 Å². The first kappa shape index (κ1) is 20.4. The summed E-state index contributed by atoms with van der Waals surface area (Å²) in [6.45, 7) is 5.50. The van der Waals surface area contributed by atoms with Crippen molar-refractivity contribution in [2.45, 2.75) is 45.4 Å². The number of halogens is 1. The van der Waals surface area contributed by atoms with Crippen LogP contribution in [0.4, 0.5) is 10.1 Å². The maximum absolute atomic E-state index is 13.0. The second kappa shape index (κ2) is 9.23. The third kappa shape index (κ3) is 4.73. The van der Waals surface area contributed by atoms with Crippen LogP contribution in [0.3, 0.4) is 0 Å². The van der Waals surface area contributed by atoms with Gasteiger partial charge in [-0.1, -0.05) is 25.2 Å². The average Bonchev–Trinajstić information content (AvgIpc) is 3.21. The van der Waals surface area contributed by atoms with Crippen molar-refractivity contribution in [3.8, 4) is 0 Å². The van der Waals surface area contributed by atoms with Crippen LogP contribution < -0.4 is 5.32 Å². The highest BCUT2D eigenvalue weighted by atomic mass is 32.1. The Morgan fingerprint density at radius 1 is 1.25 bits per heavy atom. The molecule has 1 N–H and O–H groups in total. The molecule has 150 valence electrons. The van der Waals surface area contributed by atoms with Crippen LogP contribution in [0, 0.1) is 11.7 Å². The van der Waals surface area contributed by atoms with Crippen LogP contribution in [-0.2, 0) is 4.79 Å². The Morgan fingerprint density at radius 2 is 1.96 bits per heavy atom. The molecule has 1 aromatic heterocycles. The highest BCUT2D eigenvalue weighted by molar-refractivity contribution is 7.13. The molecule has 0 aliphatic carbocycles. The SMILES string of the molecule is CCC(CC)C(=O)N1CCC[C@@H](c2nnc(C(=O)Nc3ccc(F)cc3)s2)C1. The Kier molecular flexibility index (Phi) is 6.72. The fraction of sp³-hybridized carbons (Fsp3) is 0.500. The molecule has 0 saturated carbocycles. The molecule has 0 bridgehead atoms. The molecular formula is C20H25FN4O2S. The van der Waals surface area contributed by atoms with Crippen LogP contribution in [0.1, 0.15) is 60.3 Å². The highest BCUT2D eigenvalue weighted by Crippen LogP contribution is 2.30. The van der Waals surface area contributed by atoms with Crippen LogP contribution >= 0.6 is 11.3 Å². The molecule has 8 heteroatoms. The zero-order valence-corrected chi connectivity index (χ0v) is 17.0. The zero-order chi connectivity index (χ0) is 20.1. The van der Waals surface area contributed by atoms with E-state index in [1.54, 1.807) is 0 Å². The van der Waals surface area contributed by atoms with Crippen molar-refractivity contribution in [1.29, 1.82) is 0 Å². The largest absolute Gasteiger partial charge is 0.342 e. The summed E-state index contributed by atoms with van der Waals surface area (Å²) in [7, 11) is 0.